The molecule has 0 saturated heterocycles. The molecule has 21 heavy (non-hydrogen) atoms. The van der Waals surface area contributed by atoms with Crippen molar-refractivity contribution < 1.29 is 26.3 Å². The second-order valence-corrected chi connectivity index (χ2v) is 3.79. The summed E-state index contributed by atoms with van der Waals surface area (Å²) in [5.74, 6) is -16.7. The number of hydrogen-bond donors (Lipinski definition) is 0. The lowest BCUT2D eigenvalue weighted by Crippen LogP contribution is -2.26. The molecule has 0 N–H and O–H groups in total. The van der Waals surface area contributed by atoms with Gasteiger partial charge in [-0.05, 0) is 18.2 Å². The highest BCUT2D eigenvalue weighted by Crippen LogP contribution is 2.34. The molecule has 0 bridgehead atoms. The standard InChI is InChI=1S/C12H9F6N3/c1-4-10(13,14)7-19-8(11(15,16)5-2)21-9(20-7)12(17,18)6-3/h4-6H,1-3H2. The minimum Gasteiger partial charge on any atom is -0.205 e. The molecule has 0 radical (unpaired) electrons. The molecule has 0 spiro atoms. The zero-order chi connectivity index (χ0) is 16.5. The summed E-state index contributed by atoms with van der Waals surface area (Å²) in [5, 5.41) is 0. The molecule has 114 valence electrons. The van der Waals surface area contributed by atoms with E-state index in [-0.39, 0.29) is 18.2 Å². The van der Waals surface area contributed by atoms with Gasteiger partial charge in [-0.25, -0.2) is 15.0 Å². The van der Waals surface area contributed by atoms with Gasteiger partial charge in [0.25, 0.3) is 0 Å². The quantitative estimate of drug-likeness (QED) is 0.594. The SMILES string of the molecule is C=CC(F)(F)c1nc(C(F)(F)C=C)nc(C(F)(F)C=C)n1. The first kappa shape index (κ1) is 16.9. The Morgan fingerprint density at radius 1 is 0.571 bits per heavy atom. The largest absolute Gasteiger partial charge is 0.324 e. The molecule has 1 aromatic rings. The van der Waals surface area contributed by atoms with Gasteiger partial charge in [-0.15, -0.1) is 0 Å². The van der Waals surface area contributed by atoms with Gasteiger partial charge < -0.3 is 0 Å². The van der Waals surface area contributed by atoms with Crippen LogP contribution in [0.1, 0.15) is 17.5 Å². The Morgan fingerprint density at radius 3 is 0.905 bits per heavy atom. The zero-order valence-electron chi connectivity index (χ0n) is 10.5. The van der Waals surface area contributed by atoms with Gasteiger partial charge in [0.05, 0.1) is 0 Å². The lowest BCUT2D eigenvalue weighted by atomic mass is 10.2. The van der Waals surface area contributed by atoms with Gasteiger partial charge in [0.15, 0.2) is 0 Å². The highest BCUT2D eigenvalue weighted by Gasteiger charge is 2.41. The molecular weight excluding hydrogens is 300 g/mol. The van der Waals surface area contributed by atoms with Crippen LogP contribution in [0.3, 0.4) is 0 Å². The maximum absolute atomic E-state index is 13.4. The monoisotopic (exact) mass is 309 g/mol. The van der Waals surface area contributed by atoms with Gasteiger partial charge in [0.1, 0.15) is 0 Å². The summed E-state index contributed by atoms with van der Waals surface area (Å²) in [4.78, 5) is 8.50. The van der Waals surface area contributed by atoms with Crippen molar-refractivity contribution in [3.05, 3.63) is 55.4 Å². The van der Waals surface area contributed by atoms with Gasteiger partial charge in [-0.3, -0.25) is 0 Å². The highest BCUT2D eigenvalue weighted by atomic mass is 19.3. The molecule has 1 heterocycles. The normalized spacial score (nSPS) is 12.9. The third-order valence-electron chi connectivity index (χ3n) is 2.30. The van der Waals surface area contributed by atoms with E-state index in [1.54, 1.807) is 0 Å². The van der Waals surface area contributed by atoms with E-state index >= 15 is 0 Å². The van der Waals surface area contributed by atoms with Gasteiger partial charge in [0.2, 0.25) is 17.5 Å². The molecule has 9 heteroatoms. The molecule has 0 aliphatic carbocycles. The van der Waals surface area contributed by atoms with Crippen LogP contribution in [0, 0.1) is 0 Å². The Labute approximate surface area is 115 Å². The topological polar surface area (TPSA) is 38.7 Å². The van der Waals surface area contributed by atoms with Crippen LogP contribution in [0.15, 0.2) is 38.0 Å². The number of nitrogens with zero attached hydrogens (tertiary/aromatic N) is 3. The molecule has 1 rings (SSSR count). The molecule has 0 aliphatic rings. The van der Waals surface area contributed by atoms with E-state index < -0.39 is 35.2 Å². The average Bonchev–Trinajstić information content (AvgIpc) is 2.46. The Morgan fingerprint density at radius 2 is 0.762 bits per heavy atom. The van der Waals surface area contributed by atoms with Crippen molar-refractivity contribution in [3.8, 4) is 0 Å². The second kappa shape index (κ2) is 5.30. The van der Waals surface area contributed by atoms with Crippen molar-refractivity contribution in [2.24, 2.45) is 0 Å². The minimum atomic E-state index is -3.99. The fraction of sp³-hybridized carbons (Fsp3) is 0.250. The average molecular weight is 309 g/mol. The van der Waals surface area contributed by atoms with Gasteiger partial charge in [0, 0.05) is 0 Å². The molecule has 0 aromatic carbocycles. The van der Waals surface area contributed by atoms with Gasteiger partial charge in [-0.1, -0.05) is 19.7 Å². The minimum absolute atomic E-state index is 0.0357. The molecule has 0 amide bonds. The first-order valence-corrected chi connectivity index (χ1v) is 5.32. The molecular formula is C12H9F6N3. The van der Waals surface area contributed by atoms with E-state index in [2.05, 4.69) is 34.7 Å². The smallest absolute Gasteiger partial charge is 0.205 e. The summed E-state index contributed by atoms with van der Waals surface area (Å²) in [7, 11) is 0. The van der Waals surface area contributed by atoms with Crippen LogP contribution in [0.5, 0.6) is 0 Å². The Bertz CT molecular complexity index is 489. The first-order chi connectivity index (χ1) is 9.50. The fourth-order valence-electron chi connectivity index (χ4n) is 1.10. The summed E-state index contributed by atoms with van der Waals surface area (Å²) < 4.78 is 80.5. The summed E-state index contributed by atoms with van der Waals surface area (Å²) in [6, 6.07) is 0. The maximum atomic E-state index is 13.4. The Kier molecular flexibility index (Phi) is 4.26. The second-order valence-electron chi connectivity index (χ2n) is 3.79. The number of hydrogen-bond acceptors (Lipinski definition) is 3. The third-order valence-corrected chi connectivity index (χ3v) is 2.30. The van der Waals surface area contributed by atoms with Crippen LogP contribution >= 0.6 is 0 Å². The number of halogens is 6. The van der Waals surface area contributed by atoms with Crippen LogP contribution in [-0.2, 0) is 17.8 Å². The fourth-order valence-corrected chi connectivity index (χ4v) is 1.10. The number of rotatable bonds is 6. The number of alkyl halides is 6. The van der Waals surface area contributed by atoms with Crippen molar-refractivity contribution in [2.75, 3.05) is 0 Å². The number of allylic oxidation sites excluding steroid dienone is 3. The predicted molar refractivity (Wildman–Crippen MR) is 62.1 cm³/mol. The van der Waals surface area contributed by atoms with E-state index in [1.165, 1.54) is 0 Å². The van der Waals surface area contributed by atoms with E-state index in [9.17, 15) is 26.3 Å². The van der Waals surface area contributed by atoms with E-state index in [4.69, 9.17) is 0 Å². The van der Waals surface area contributed by atoms with E-state index in [0.29, 0.717) is 0 Å². The summed E-state index contributed by atoms with van der Waals surface area (Å²) in [5.41, 5.74) is 0. The molecule has 0 saturated carbocycles. The van der Waals surface area contributed by atoms with Crippen molar-refractivity contribution in [3.63, 3.8) is 0 Å². The van der Waals surface area contributed by atoms with Crippen LogP contribution in [-0.4, -0.2) is 15.0 Å². The zero-order valence-corrected chi connectivity index (χ0v) is 10.5. The van der Waals surface area contributed by atoms with Crippen molar-refractivity contribution in [1.82, 2.24) is 15.0 Å². The molecule has 0 unspecified atom stereocenters. The molecule has 0 atom stereocenters. The molecule has 1 aromatic heterocycles. The van der Waals surface area contributed by atoms with Crippen molar-refractivity contribution in [1.29, 1.82) is 0 Å². The summed E-state index contributed by atoms with van der Waals surface area (Å²) in [6.45, 7) is 8.30. The van der Waals surface area contributed by atoms with E-state index in [1.807, 2.05) is 0 Å². The highest BCUT2D eigenvalue weighted by molar-refractivity contribution is 5.17. The lowest BCUT2D eigenvalue weighted by Gasteiger charge is -2.17. The van der Waals surface area contributed by atoms with Crippen LogP contribution in [0.25, 0.3) is 0 Å². The molecule has 3 nitrogen and oxygen atoms in total. The van der Waals surface area contributed by atoms with Crippen molar-refractivity contribution >= 4 is 0 Å². The lowest BCUT2D eigenvalue weighted by molar-refractivity contribution is 0.0151. The Hall–Kier alpha value is -2.19. The third kappa shape index (κ3) is 3.29. The summed E-state index contributed by atoms with van der Waals surface area (Å²) >= 11 is 0. The van der Waals surface area contributed by atoms with Crippen LogP contribution in [0.2, 0.25) is 0 Å². The first-order valence-electron chi connectivity index (χ1n) is 5.32. The molecule has 0 aliphatic heterocycles. The maximum Gasteiger partial charge on any atom is 0.324 e. The Balaban J connectivity index is 3.66. The predicted octanol–water partition coefficient (Wildman–Crippen LogP) is 3.71. The van der Waals surface area contributed by atoms with Gasteiger partial charge in [-0.2, -0.15) is 26.3 Å². The molecule has 0 fully saturated rings. The van der Waals surface area contributed by atoms with Gasteiger partial charge >= 0.3 is 17.8 Å². The number of aromatic nitrogens is 3. The van der Waals surface area contributed by atoms with Crippen molar-refractivity contribution in [2.45, 2.75) is 17.8 Å². The summed E-state index contributed by atoms with van der Waals surface area (Å²) in [6.07, 6.45) is 0.107. The van der Waals surface area contributed by atoms with E-state index in [0.717, 1.165) is 0 Å². The van der Waals surface area contributed by atoms with Crippen LogP contribution < -0.4 is 0 Å². The van der Waals surface area contributed by atoms with Crippen LogP contribution in [0.4, 0.5) is 26.3 Å².